The molecule has 2 heteroatoms. The third-order valence-electron chi connectivity index (χ3n) is 2.11. The lowest BCUT2D eigenvalue weighted by Crippen LogP contribution is -1.99. The number of ether oxygens (including phenoxy) is 1. The minimum Gasteiger partial charge on any atom is -0.463 e. The smallest absolute Gasteiger partial charge is 0.330 e. The number of carbonyl (C=O) groups excluding carboxylic acids is 1. The number of hydrogen-bond donors (Lipinski definition) is 0. The van der Waals surface area contributed by atoms with Gasteiger partial charge < -0.3 is 4.74 Å². The zero-order valence-corrected chi connectivity index (χ0v) is 8.75. The summed E-state index contributed by atoms with van der Waals surface area (Å²) in [5, 5.41) is 0. The number of rotatable bonds is 3. The monoisotopic (exact) mass is 192 g/mol. The summed E-state index contributed by atoms with van der Waals surface area (Å²) in [6.07, 6.45) is 9.56. The average molecular weight is 192 g/mol. The van der Waals surface area contributed by atoms with Gasteiger partial charge in [0.15, 0.2) is 0 Å². The molecule has 0 aromatic heterocycles. The molecular weight excluding hydrogens is 176 g/mol. The summed E-state index contributed by atoms with van der Waals surface area (Å²) >= 11 is 0. The van der Waals surface area contributed by atoms with Crippen molar-refractivity contribution in [3.8, 4) is 0 Å². The van der Waals surface area contributed by atoms with E-state index in [1.807, 2.05) is 6.08 Å². The fourth-order valence-corrected chi connectivity index (χ4v) is 1.26. The largest absolute Gasteiger partial charge is 0.463 e. The van der Waals surface area contributed by atoms with E-state index in [9.17, 15) is 4.79 Å². The lowest BCUT2D eigenvalue weighted by molar-refractivity contribution is -0.137. The van der Waals surface area contributed by atoms with Gasteiger partial charge in [-0.1, -0.05) is 23.8 Å². The first-order valence-electron chi connectivity index (χ1n) is 4.93. The van der Waals surface area contributed by atoms with Crippen molar-refractivity contribution in [2.75, 3.05) is 6.61 Å². The van der Waals surface area contributed by atoms with Gasteiger partial charge in [0.1, 0.15) is 0 Å². The van der Waals surface area contributed by atoms with Crippen LogP contribution in [0, 0.1) is 0 Å². The van der Waals surface area contributed by atoms with Crippen molar-refractivity contribution >= 4 is 5.97 Å². The van der Waals surface area contributed by atoms with Gasteiger partial charge in [-0.2, -0.15) is 0 Å². The number of hydrogen-bond acceptors (Lipinski definition) is 2. The Bertz CT molecular complexity index is 295. The van der Waals surface area contributed by atoms with Crippen LogP contribution in [0.3, 0.4) is 0 Å². The van der Waals surface area contributed by atoms with Crippen LogP contribution in [0.15, 0.2) is 35.5 Å². The molecule has 0 saturated heterocycles. The van der Waals surface area contributed by atoms with E-state index >= 15 is 0 Å². The molecule has 0 aromatic rings. The Morgan fingerprint density at radius 1 is 1.50 bits per heavy atom. The average Bonchev–Trinajstić information content (AvgIpc) is 2.17. The zero-order chi connectivity index (χ0) is 10.4. The minimum absolute atomic E-state index is 0.264. The van der Waals surface area contributed by atoms with E-state index in [1.165, 1.54) is 17.2 Å². The van der Waals surface area contributed by atoms with Crippen LogP contribution in [-0.2, 0) is 9.53 Å². The summed E-state index contributed by atoms with van der Waals surface area (Å²) in [6, 6.07) is 0. The Labute approximate surface area is 85.0 Å². The van der Waals surface area contributed by atoms with E-state index < -0.39 is 0 Å². The molecule has 0 bridgehead atoms. The normalized spacial score (nSPS) is 16.4. The molecule has 1 aliphatic carbocycles. The fraction of sp³-hybridized carbons (Fsp3) is 0.417. The second-order valence-electron chi connectivity index (χ2n) is 3.34. The van der Waals surface area contributed by atoms with Crippen LogP contribution in [0.5, 0.6) is 0 Å². The van der Waals surface area contributed by atoms with Crippen LogP contribution in [0.25, 0.3) is 0 Å². The van der Waals surface area contributed by atoms with Crippen LogP contribution < -0.4 is 0 Å². The highest BCUT2D eigenvalue weighted by atomic mass is 16.5. The third kappa shape index (κ3) is 3.60. The molecule has 0 atom stereocenters. The molecule has 0 aromatic carbocycles. The molecule has 0 spiro atoms. The summed E-state index contributed by atoms with van der Waals surface area (Å²) in [4.78, 5) is 11.0. The summed E-state index contributed by atoms with van der Waals surface area (Å²) in [5.74, 6) is -0.264. The summed E-state index contributed by atoms with van der Waals surface area (Å²) in [7, 11) is 0. The molecule has 0 unspecified atom stereocenters. The Kier molecular flexibility index (Phi) is 4.17. The van der Waals surface area contributed by atoms with Crippen molar-refractivity contribution < 1.29 is 9.53 Å². The molecule has 1 aliphatic rings. The van der Waals surface area contributed by atoms with Gasteiger partial charge >= 0.3 is 5.97 Å². The zero-order valence-electron chi connectivity index (χ0n) is 8.75. The van der Waals surface area contributed by atoms with Crippen LogP contribution in [0.4, 0.5) is 0 Å². The molecular formula is C12H16O2. The highest BCUT2D eigenvalue weighted by Gasteiger charge is 2.00. The molecule has 2 nitrogen and oxygen atoms in total. The van der Waals surface area contributed by atoms with E-state index in [2.05, 4.69) is 19.1 Å². The van der Waals surface area contributed by atoms with Gasteiger partial charge in [-0.25, -0.2) is 4.79 Å². The van der Waals surface area contributed by atoms with Crippen LogP contribution in [-0.4, -0.2) is 12.6 Å². The van der Waals surface area contributed by atoms with Gasteiger partial charge in [0.2, 0.25) is 0 Å². The van der Waals surface area contributed by atoms with Crippen molar-refractivity contribution in [3.63, 3.8) is 0 Å². The number of esters is 1. The van der Waals surface area contributed by atoms with Crippen molar-refractivity contribution in [1.29, 1.82) is 0 Å². The summed E-state index contributed by atoms with van der Waals surface area (Å²) in [5.41, 5.74) is 2.57. The van der Waals surface area contributed by atoms with Gasteiger partial charge in [-0.3, -0.25) is 0 Å². The SMILES string of the molecule is CCOC(=O)C=CC1=CC=C(C)CC1. The lowest BCUT2D eigenvalue weighted by atomic mass is 9.99. The predicted octanol–water partition coefficient (Wildman–Crippen LogP) is 2.77. The third-order valence-corrected chi connectivity index (χ3v) is 2.11. The molecule has 0 heterocycles. The number of allylic oxidation sites excluding steroid dienone is 5. The predicted molar refractivity (Wildman–Crippen MR) is 56.8 cm³/mol. The Balaban J connectivity index is 2.48. The van der Waals surface area contributed by atoms with Crippen LogP contribution in [0.2, 0.25) is 0 Å². The van der Waals surface area contributed by atoms with Gasteiger partial charge in [-0.05, 0) is 32.3 Å². The first-order chi connectivity index (χ1) is 6.72. The molecule has 0 amide bonds. The summed E-state index contributed by atoms with van der Waals surface area (Å²) < 4.78 is 4.79. The lowest BCUT2D eigenvalue weighted by Gasteiger charge is -2.07. The first-order valence-corrected chi connectivity index (χ1v) is 4.93. The molecule has 0 radical (unpaired) electrons. The topological polar surface area (TPSA) is 26.3 Å². The quantitative estimate of drug-likeness (QED) is 0.507. The molecule has 76 valence electrons. The van der Waals surface area contributed by atoms with Gasteiger partial charge in [-0.15, -0.1) is 0 Å². The maximum Gasteiger partial charge on any atom is 0.330 e. The molecule has 0 aliphatic heterocycles. The molecule has 0 fully saturated rings. The van der Waals surface area contributed by atoms with E-state index in [4.69, 9.17) is 4.74 Å². The maximum absolute atomic E-state index is 11.0. The van der Waals surface area contributed by atoms with Gasteiger partial charge in [0.25, 0.3) is 0 Å². The maximum atomic E-state index is 11.0. The van der Waals surface area contributed by atoms with Gasteiger partial charge in [0.05, 0.1) is 6.61 Å². The van der Waals surface area contributed by atoms with Crippen molar-refractivity contribution in [2.45, 2.75) is 26.7 Å². The standard InChI is InChI=1S/C12H16O2/c1-3-14-12(13)9-8-11-6-4-10(2)5-7-11/h4,6,8-9H,3,5,7H2,1-2H3. The first kappa shape index (κ1) is 10.8. The van der Waals surface area contributed by atoms with Crippen LogP contribution in [0.1, 0.15) is 26.7 Å². The van der Waals surface area contributed by atoms with E-state index in [1.54, 1.807) is 6.92 Å². The number of carbonyl (C=O) groups is 1. The van der Waals surface area contributed by atoms with Crippen molar-refractivity contribution in [1.82, 2.24) is 0 Å². The highest BCUT2D eigenvalue weighted by molar-refractivity contribution is 5.82. The second kappa shape index (κ2) is 5.43. The van der Waals surface area contributed by atoms with Crippen LogP contribution >= 0.6 is 0 Å². The second-order valence-corrected chi connectivity index (χ2v) is 3.34. The summed E-state index contributed by atoms with van der Waals surface area (Å²) in [6.45, 7) is 4.35. The van der Waals surface area contributed by atoms with E-state index in [0.29, 0.717) is 6.61 Å². The fourth-order valence-electron chi connectivity index (χ4n) is 1.26. The van der Waals surface area contributed by atoms with E-state index in [0.717, 1.165) is 12.8 Å². The molecule has 14 heavy (non-hydrogen) atoms. The minimum atomic E-state index is -0.264. The molecule has 0 N–H and O–H groups in total. The van der Waals surface area contributed by atoms with E-state index in [-0.39, 0.29) is 5.97 Å². The van der Waals surface area contributed by atoms with Crippen molar-refractivity contribution in [3.05, 3.63) is 35.5 Å². The molecule has 0 saturated carbocycles. The Morgan fingerprint density at radius 2 is 2.29 bits per heavy atom. The van der Waals surface area contributed by atoms with Crippen molar-refractivity contribution in [2.24, 2.45) is 0 Å². The van der Waals surface area contributed by atoms with Gasteiger partial charge in [0, 0.05) is 6.08 Å². The Morgan fingerprint density at radius 3 is 2.86 bits per heavy atom. The molecule has 1 rings (SSSR count). The Hall–Kier alpha value is -1.31. The highest BCUT2D eigenvalue weighted by Crippen LogP contribution is 2.18.